The summed E-state index contributed by atoms with van der Waals surface area (Å²) in [5.41, 5.74) is 1.08. The fourth-order valence-electron chi connectivity index (χ4n) is 4.16. The van der Waals surface area contributed by atoms with Crippen LogP contribution in [0.1, 0.15) is 28.8 Å². The zero-order chi connectivity index (χ0) is 21.1. The van der Waals surface area contributed by atoms with E-state index in [-0.39, 0.29) is 10.5 Å². The molecular weight excluding hydrogens is 405 g/mol. The van der Waals surface area contributed by atoms with Crippen LogP contribution in [0.4, 0.5) is 4.39 Å². The molecule has 0 saturated carbocycles. The van der Waals surface area contributed by atoms with Crippen LogP contribution in [-0.4, -0.2) is 62.8 Å². The van der Waals surface area contributed by atoms with Crippen molar-refractivity contribution >= 4 is 15.9 Å². The SMILES string of the molecule is O=C(c1cc(S(=O)(=O)N2CCCC2)ccc1F)N1CC[NH+](Cc2ccccc2)CC1. The van der Waals surface area contributed by atoms with Crippen molar-refractivity contribution in [2.45, 2.75) is 24.3 Å². The molecule has 2 saturated heterocycles. The number of nitrogens with zero attached hydrogens (tertiary/aromatic N) is 2. The smallest absolute Gasteiger partial charge is 0.257 e. The number of amides is 1. The highest BCUT2D eigenvalue weighted by Crippen LogP contribution is 2.23. The molecule has 0 unspecified atom stereocenters. The molecule has 8 heteroatoms. The van der Waals surface area contributed by atoms with E-state index in [4.69, 9.17) is 0 Å². The Bertz CT molecular complexity index is 1000. The Balaban J connectivity index is 1.45. The van der Waals surface area contributed by atoms with Crippen molar-refractivity contribution in [1.29, 1.82) is 0 Å². The van der Waals surface area contributed by atoms with Crippen molar-refractivity contribution in [2.75, 3.05) is 39.3 Å². The van der Waals surface area contributed by atoms with E-state index in [9.17, 15) is 17.6 Å². The highest BCUT2D eigenvalue weighted by Gasteiger charge is 2.30. The van der Waals surface area contributed by atoms with Gasteiger partial charge in [0.15, 0.2) is 0 Å². The number of piperazine rings is 1. The van der Waals surface area contributed by atoms with Gasteiger partial charge in [0.1, 0.15) is 12.4 Å². The van der Waals surface area contributed by atoms with Crippen LogP contribution in [0.3, 0.4) is 0 Å². The standard InChI is InChI=1S/C22H26FN3O3S/c23-21-9-8-19(30(28,29)26-10-4-5-11-26)16-20(21)22(27)25-14-12-24(13-15-25)17-18-6-2-1-3-7-18/h1-3,6-9,16H,4-5,10-15,17H2/p+1. The predicted octanol–water partition coefficient (Wildman–Crippen LogP) is 1.15. The maximum Gasteiger partial charge on any atom is 0.257 e. The normalized spacial score (nSPS) is 18.6. The van der Waals surface area contributed by atoms with Gasteiger partial charge >= 0.3 is 0 Å². The third-order valence-electron chi connectivity index (χ3n) is 5.93. The van der Waals surface area contributed by atoms with Crippen LogP contribution < -0.4 is 4.90 Å². The zero-order valence-corrected chi connectivity index (χ0v) is 17.7. The molecule has 2 aromatic carbocycles. The van der Waals surface area contributed by atoms with Gasteiger partial charge in [-0.15, -0.1) is 0 Å². The first-order valence-electron chi connectivity index (χ1n) is 10.4. The molecule has 1 N–H and O–H groups in total. The molecule has 0 spiro atoms. The van der Waals surface area contributed by atoms with Crippen LogP contribution in [-0.2, 0) is 16.6 Å². The quantitative estimate of drug-likeness (QED) is 0.771. The maximum atomic E-state index is 14.4. The first-order chi connectivity index (χ1) is 14.4. The number of nitrogens with one attached hydrogen (secondary N) is 1. The summed E-state index contributed by atoms with van der Waals surface area (Å²) in [7, 11) is -3.69. The Kier molecular flexibility index (Phi) is 6.17. The molecule has 0 aromatic heterocycles. The number of sulfonamides is 1. The van der Waals surface area contributed by atoms with Gasteiger partial charge in [-0.3, -0.25) is 4.79 Å². The minimum absolute atomic E-state index is 0.0116. The van der Waals surface area contributed by atoms with E-state index in [1.807, 2.05) is 18.2 Å². The topological polar surface area (TPSA) is 62.1 Å². The summed E-state index contributed by atoms with van der Waals surface area (Å²) >= 11 is 0. The molecule has 2 fully saturated rings. The largest absolute Gasteiger partial charge is 0.328 e. The molecule has 30 heavy (non-hydrogen) atoms. The molecule has 2 heterocycles. The van der Waals surface area contributed by atoms with Crippen LogP contribution in [0, 0.1) is 5.82 Å². The molecule has 4 rings (SSSR count). The van der Waals surface area contributed by atoms with Crippen LogP contribution in [0.2, 0.25) is 0 Å². The van der Waals surface area contributed by atoms with Gasteiger partial charge in [-0.05, 0) is 31.0 Å². The number of rotatable bonds is 5. The van der Waals surface area contributed by atoms with Crippen LogP contribution in [0.5, 0.6) is 0 Å². The highest BCUT2D eigenvalue weighted by atomic mass is 32.2. The number of benzene rings is 2. The first-order valence-corrected chi connectivity index (χ1v) is 11.9. The molecule has 1 amide bonds. The van der Waals surface area contributed by atoms with Crippen LogP contribution in [0.15, 0.2) is 53.4 Å². The second kappa shape index (κ2) is 8.83. The number of halogens is 1. The fourth-order valence-corrected chi connectivity index (χ4v) is 5.71. The maximum absolute atomic E-state index is 14.4. The first kappa shape index (κ1) is 21.0. The van der Waals surface area contributed by atoms with E-state index in [2.05, 4.69) is 12.1 Å². The Morgan fingerprint density at radius 2 is 1.63 bits per heavy atom. The summed E-state index contributed by atoms with van der Waals surface area (Å²) in [4.78, 5) is 15.9. The van der Waals surface area contributed by atoms with E-state index in [1.54, 1.807) is 4.90 Å². The summed E-state index contributed by atoms with van der Waals surface area (Å²) in [6.45, 7) is 4.40. The lowest BCUT2D eigenvalue weighted by Crippen LogP contribution is -3.13. The van der Waals surface area contributed by atoms with Crippen LogP contribution in [0.25, 0.3) is 0 Å². The van der Waals surface area contributed by atoms with Crippen molar-refractivity contribution < 1.29 is 22.5 Å². The molecule has 2 aromatic rings. The summed E-state index contributed by atoms with van der Waals surface area (Å²) in [5, 5.41) is 0. The van der Waals surface area contributed by atoms with E-state index in [0.717, 1.165) is 38.5 Å². The highest BCUT2D eigenvalue weighted by molar-refractivity contribution is 7.89. The number of hydrogen-bond acceptors (Lipinski definition) is 3. The molecule has 0 atom stereocenters. The van der Waals surface area contributed by atoms with Gasteiger partial charge in [-0.25, -0.2) is 12.8 Å². The van der Waals surface area contributed by atoms with E-state index < -0.39 is 21.7 Å². The lowest BCUT2D eigenvalue weighted by atomic mass is 10.1. The summed E-state index contributed by atoms with van der Waals surface area (Å²) < 4.78 is 41.4. The Morgan fingerprint density at radius 1 is 0.967 bits per heavy atom. The van der Waals surface area contributed by atoms with E-state index in [0.29, 0.717) is 26.2 Å². The van der Waals surface area contributed by atoms with Crippen molar-refractivity contribution in [3.05, 3.63) is 65.5 Å². The number of quaternary nitrogens is 1. The van der Waals surface area contributed by atoms with Gasteiger partial charge in [0.2, 0.25) is 10.0 Å². The third kappa shape index (κ3) is 4.40. The van der Waals surface area contributed by atoms with Gasteiger partial charge in [0.05, 0.1) is 36.6 Å². The third-order valence-corrected chi connectivity index (χ3v) is 7.82. The molecule has 2 aliphatic heterocycles. The molecule has 0 radical (unpaired) electrons. The van der Waals surface area contributed by atoms with Crippen LogP contribution >= 0.6 is 0 Å². The second-order valence-electron chi connectivity index (χ2n) is 7.96. The van der Waals surface area contributed by atoms with E-state index in [1.165, 1.54) is 26.9 Å². The molecule has 160 valence electrons. The van der Waals surface area contributed by atoms with Crippen molar-refractivity contribution in [1.82, 2.24) is 9.21 Å². The lowest BCUT2D eigenvalue weighted by Gasteiger charge is -2.32. The van der Waals surface area contributed by atoms with Crippen molar-refractivity contribution in [3.8, 4) is 0 Å². The fraction of sp³-hybridized carbons (Fsp3) is 0.409. The van der Waals surface area contributed by atoms with Gasteiger partial charge in [-0.1, -0.05) is 30.3 Å². The lowest BCUT2D eigenvalue weighted by molar-refractivity contribution is -0.917. The van der Waals surface area contributed by atoms with Gasteiger partial charge in [0, 0.05) is 18.7 Å². The molecular formula is C22H27FN3O3S+. The second-order valence-corrected chi connectivity index (χ2v) is 9.90. The number of carbonyl (C=O) groups excluding carboxylic acids is 1. The molecule has 0 aliphatic carbocycles. The average molecular weight is 433 g/mol. The molecule has 6 nitrogen and oxygen atoms in total. The molecule has 0 bridgehead atoms. The number of hydrogen-bond donors (Lipinski definition) is 1. The average Bonchev–Trinajstić information content (AvgIpc) is 3.31. The summed E-state index contributed by atoms with van der Waals surface area (Å²) in [6, 6.07) is 13.7. The number of carbonyl (C=O) groups is 1. The minimum Gasteiger partial charge on any atom is -0.328 e. The van der Waals surface area contributed by atoms with Gasteiger partial charge < -0.3 is 9.80 Å². The Labute approximate surface area is 176 Å². The minimum atomic E-state index is -3.69. The predicted molar refractivity (Wildman–Crippen MR) is 111 cm³/mol. The summed E-state index contributed by atoms with van der Waals surface area (Å²) in [5.74, 6) is -1.12. The Hall–Kier alpha value is -2.29. The van der Waals surface area contributed by atoms with E-state index >= 15 is 0 Å². The molecule has 2 aliphatic rings. The van der Waals surface area contributed by atoms with Crippen molar-refractivity contribution in [2.24, 2.45) is 0 Å². The monoisotopic (exact) mass is 432 g/mol. The summed E-state index contributed by atoms with van der Waals surface area (Å²) in [6.07, 6.45) is 1.64. The Morgan fingerprint density at radius 3 is 2.30 bits per heavy atom. The van der Waals surface area contributed by atoms with Gasteiger partial charge in [-0.2, -0.15) is 4.31 Å². The van der Waals surface area contributed by atoms with Crippen molar-refractivity contribution in [3.63, 3.8) is 0 Å². The zero-order valence-electron chi connectivity index (χ0n) is 16.9. The van der Waals surface area contributed by atoms with Gasteiger partial charge in [0.25, 0.3) is 5.91 Å².